The molecule has 4 aromatic rings. The van der Waals surface area contributed by atoms with E-state index in [1.165, 1.54) is 12.1 Å². The average Bonchev–Trinajstić information content (AvgIpc) is 3.43. The first-order valence-electron chi connectivity index (χ1n) is 10.6. The first-order valence-corrected chi connectivity index (χ1v) is 11.8. The van der Waals surface area contributed by atoms with Crippen LogP contribution in [0, 0.1) is 19.7 Å². The minimum Gasteiger partial charge on any atom is -0.420 e. The zero-order chi connectivity index (χ0) is 22.9. The van der Waals surface area contributed by atoms with Crippen molar-refractivity contribution in [2.75, 3.05) is 24.6 Å². The summed E-state index contributed by atoms with van der Waals surface area (Å²) in [6, 6.07) is 13.6. The lowest BCUT2D eigenvalue weighted by Crippen LogP contribution is -2.37. The predicted octanol–water partition coefficient (Wildman–Crippen LogP) is 4.53. The van der Waals surface area contributed by atoms with Crippen molar-refractivity contribution >= 4 is 17.7 Å². The molecule has 0 radical (unpaired) electrons. The Hall–Kier alpha value is -3.46. The molecule has 0 bridgehead atoms. The van der Waals surface area contributed by atoms with Gasteiger partial charge in [-0.05, 0) is 55.5 Å². The summed E-state index contributed by atoms with van der Waals surface area (Å²) in [5.41, 5.74) is 4.39. The van der Waals surface area contributed by atoms with Crippen molar-refractivity contribution in [1.82, 2.24) is 24.9 Å². The zero-order valence-electron chi connectivity index (χ0n) is 18.3. The van der Waals surface area contributed by atoms with E-state index in [0.717, 1.165) is 47.1 Å². The summed E-state index contributed by atoms with van der Waals surface area (Å²) < 4.78 is 21.0. The number of halogens is 1. The second-order valence-electron chi connectivity index (χ2n) is 7.82. The molecule has 1 fully saturated rings. The summed E-state index contributed by atoms with van der Waals surface area (Å²) >= 11 is 1.87. The van der Waals surface area contributed by atoms with E-state index in [9.17, 15) is 9.18 Å². The molecule has 3 heterocycles. The summed E-state index contributed by atoms with van der Waals surface area (Å²) in [4.78, 5) is 14.7. The van der Waals surface area contributed by atoms with Crippen LogP contribution in [-0.2, 0) is 0 Å². The van der Waals surface area contributed by atoms with E-state index in [1.54, 1.807) is 23.7 Å². The fraction of sp³-hybridized carbons (Fsp3) is 0.250. The fourth-order valence-electron chi connectivity index (χ4n) is 3.92. The second-order valence-corrected chi connectivity index (χ2v) is 9.04. The van der Waals surface area contributed by atoms with Gasteiger partial charge in [-0.2, -0.15) is 16.9 Å². The predicted molar refractivity (Wildman–Crippen MR) is 125 cm³/mol. The summed E-state index contributed by atoms with van der Waals surface area (Å²) in [6.07, 6.45) is 0. The van der Waals surface area contributed by atoms with Crippen molar-refractivity contribution in [3.8, 4) is 28.5 Å². The van der Waals surface area contributed by atoms with E-state index < -0.39 is 0 Å². The molecule has 2 aromatic carbocycles. The van der Waals surface area contributed by atoms with Crippen molar-refractivity contribution in [2.24, 2.45) is 0 Å². The summed E-state index contributed by atoms with van der Waals surface area (Å²) in [5.74, 6) is 2.43. The van der Waals surface area contributed by atoms with Crippen LogP contribution in [0.3, 0.4) is 0 Å². The maximum atomic E-state index is 13.6. The van der Waals surface area contributed by atoms with Gasteiger partial charge in [0.15, 0.2) is 5.69 Å². The minimum absolute atomic E-state index is 0.0410. The number of amides is 1. The molecule has 168 valence electrons. The van der Waals surface area contributed by atoms with Gasteiger partial charge in [0.25, 0.3) is 11.8 Å². The van der Waals surface area contributed by atoms with Gasteiger partial charge in [-0.25, -0.2) is 9.07 Å². The van der Waals surface area contributed by atoms with Crippen molar-refractivity contribution in [1.29, 1.82) is 0 Å². The molecule has 9 heteroatoms. The number of carbonyl (C=O) groups excluding carboxylic acids is 1. The van der Waals surface area contributed by atoms with E-state index in [2.05, 4.69) is 10.2 Å². The second kappa shape index (κ2) is 8.82. The SMILES string of the molecule is Cc1nnc(-c2nn(-c3ccc(C(=O)N4CCSCC4)cc3)c(-c3ccc(F)cc3)c2C)o1. The van der Waals surface area contributed by atoms with Gasteiger partial charge in [-0.3, -0.25) is 4.79 Å². The quantitative estimate of drug-likeness (QED) is 0.442. The highest BCUT2D eigenvalue weighted by atomic mass is 32.2. The standard InChI is InChI=1S/C24H22FN5O2S/c1-15-21(23-27-26-16(2)32-23)28-30(22(15)17-3-7-19(25)8-4-17)20-9-5-18(6-10-20)24(31)29-11-13-33-14-12-29/h3-10H,11-14H2,1-2H3. The van der Waals surface area contributed by atoms with Crippen molar-refractivity contribution in [3.05, 3.63) is 71.4 Å². The third kappa shape index (κ3) is 4.16. The minimum atomic E-state index is -0.311. The Labute approximate surface area is 194 Å². The zero-order valence-corrected chi connectivity index (χ0v) is 19.1. The molecular formula is C24H22FN5O2S. The van der Waals surface area contributed by atoms with Gasteiger partial charge in [-0.15, -0.1) is 10.2 Å². The van der Waals surface area contributed by atoms with Crippen LogP contribution in [0.25, 0.3) is 28.5 Å². The smallest absolute Gasteiger partial charge is 0.268 e. The number of hydrogen-bond donors (Lipinski definition) is 0. The van der Waals surface area contributed by atoms with Gasteiger partial charge in [0.2, 0.25) is 5.89 Å². The van der Waals surface area contributed by atoms with Crippen LogP contribution in [0.2, 0.25) is 0 Å². The molecule has 1 aliphatic rings. The Morgan fingerprint density at radius 2 is 1.70 bits per heavy atom. The molecule has 1 saturated heterocycles. The van der Waals surface area contributed by atoms with Gasteiger partial charge < -0.3 is 9.32 Å². The maximum Gasteiger partial charge on any atom is 0.268 e. The first-order chi connectivity index (χ1) is 16.0. The van der Waals surface area contributed by atoms with Crippen LogP contribution in [0.1, 0.15) is 21.8 Å². The number of rotatable bonds is 4. The van der Waals surface area contributed by atoms with Crippen LogP contribution in [0.15, 0.2) is 52.9 Å². The van der Waals surface area contributed by atoms with Crippen LogP contribution >= 0.6 is 11.8 Å². The first kappa shape index (κ1) is 21.4. The van der Waals surface area contributed by atoms with Gasteiger partial charge in [0.1, 0.15) is 5.82 Å². The van der Waals surface area contributed by atoms with E-state index in [1.807, 2.05) is 47.9 Å². The summed E-state index contributed by atoms with van der Waals surface area (Å²) in [6.45, 7) is 5.18. The van der Waals surface area contributed by atoms with Gasteiger partial charge in [0.05, 0.1) is 11.4 Å². The molecule has 7 nitrogen and oxygen atoms in total. The Balaban J connectivity index is 1.56. The lowest BCUT2D eigenvalue weighted by molar-refractivity contribution is 0.0772. The van der Waals surface area contributed by atoms with Gasteiger partial charge in [-0.1, -0.05) is 0 Å². The van der Waals surface area contributed by atoms with Crippen molar-refractivity contribution < 1.29 is 13.6 Å². The Morgan fingerprint density at radius 1 is 1.00 bits per heavy atom. The molecule has 0 spiro atoms. The van der Waals surface area contributed by atoms with Gasteiger partial charge in [0, 0.05) is 48.2 Å². The molecule has 0 aliphatic carbocycles. The van der Waals surface area contributed by atoms with Crippen molar-refractivity contribution in [3.63, 3.8) is 0 Å². The van der Waals surface area contributed by atoms with E-state index in [0.29, 0.717) is 23.0 Å². The number of carbonyl (C=O) groups is 1. The normalized spacial score (nSPS) is 14.0. The number of thioether (sulfide) groups is 1. The summed E-state index contributed by atoms with van der Waals surface area (Å²) in [5, 5.41) is 12.8. The van der Waals surface area contributed by atoms with Crippen LogP contribution in [-0.4, -0.2) is 55.4 Å². The Bertz CT molecular complexity index is 1290. The molecule has 5 rings (SSSR count). The molecule has 33 heavy (non-hydrogen) atoms. The van der Waals surface area contributed by atoms with E-state index in [4.69, 9.17) is 9.52 Å². The fourth-order valence-corrected chi connectivity index (χ4v) is 4.82. The number of hydrogen-bond acceptors (Lipinski definition) is 6. The third-order valence-corrected chi connectivity index (χ3v) is 6.57. The molecule has 0 saturated carbocycles. The number of aromatic nitrogens is 4. The van der Waals surface area contributed by atoms with Crippen LogP contribution < -0.4 is 0 Å². The Kier molecular flexibility index (Phi) is 5.72. The number of aryl methyl sites for hydroxylation is 1. The highest BCUT2D eigenvalue weighted by molar-refractivity contribution is 7.99. The number of nitrogens with zero attached hydrogens (tertiary/aromatic N) is 5. The lowest BCUT2D eigenvalue weighted by atomic mass is 10.1. The molecule has 0 unspecified atom stereocenters. The summed E-state index contributed by atoms with van der Waals surface area (Å²) in [7, 11) is 0. The maximum absolute atomic E-state index is 13.6. The highest BCUT2D eigenvalue weighted by Gasteiger charge is 2.23. The molecular weight excluding hydrogens is 441 g/mol. The largest absolute Gasteiger partial charge is 0.420 e. The highest BCUT2D eigenvalue weighted by Crippen LogP contribution is 2.33. The molecule has 0 atom stereocenters. The monoisotopic (exact) mass is 463 g/mol. The average molecular weight is 464 g/mol. The van der Waals surface area contributed by atoms with E-state index in [-0.39, 0.29) is 11.7 Å². The van der Waals surface area contributed by atoms with Crippen LogP contribution in [0.4, 0.5) is 4.39 Å². The molecule has 0 N–H and O–H groups in total. The lowest BCUT2D eigenvalue weighted by Gasteiger charge is -2.26. The van der Waals surface area contributed by atoms with Crippen LogP contribution in [0.5, 0.6) is 0 Å². The Morgan fingerprint density at radius 3 is 2.33 bits per heavy atom. The molecule has 1 aliphatic heterocycles. The van der Waals surface area contributed by atoms with Gasteiger partial charge >= 0.3 is 0 Å². The van der Waals surface area contributed by atoms with E-state index >= 15 is 0 Å². The van der Waals surface area contributed by atoms with Crippen molar-refractivity contribution in [2.45, 2.75) is 13.8 Å². The molecule has 1 amide bonds. The topological polar surface area (TPSA) is 77.1 Å². The number of benzene rings is 2. The third-order valence-electron chi connectivity index (χ3n) is 5.63. The molecule has 2 aromatic heterocycles.